The van der Waals surface area contributed by atoms with Crippen molar-refractivity contribution in [2.45, 2.75) is 260 Å². The van der Waals surface area contributed by atoms with Crippen LogP contribution in [0.15, 0.2) is 0 Å². The monoisotopic (exact) mass is 1270 g/mol. The Bertz CT molecular complexity index is 1940. The van der Waals surface area contributed by atoms with Gasteiger partial charge in [0.05, 0.1) is 0 Å². The van der Waals surface area contributed by atoms with Gasteiger partial charge in [0.25, 0.3) is 0 Å². The number of nitrogens with one attached hydrogen (secondary N) is 3. The normalized spacial score (nSPS) is 27.4. The number of carbonyl (C=O) groups is 9. The SMILES string of the molecule is CC(=O)OCC1OC(OCCCCCCNC(=O)CCC(N)(CCC(=O)NCCCCCCOC2OC(COC(C)=O)C(OC(C)=O)C(C)C2C)CCC(=O)NCCCCCCOC2OC(COC(C)=O)C(OC(C)=O)C(C)C2C)C(C)C(C)C1OC(C)=O. The zero-order valence-electron chi connectivity index (χ0n) is 55.4. The zero-order chi connectivity index (χ0) is 66.1. The molecule has 3 fully saturated rings. The lowest BCUT2D eigenvalue weighted by molar-refractivity contribution is -0.273. The van der Waals surface area contributed by atoms with Crippen LogP contribution in [0, 0.1) is 35.5 Å². The molecule has 0 aromatic heterocycles. The maximum atomic E-state index is 13.2. The average Bonchev–Trinajstić information content (AvgIpc) is 1.22. The van der Waals surface area contributed by atoms with E-state index in [0.717, 1.165) is 77.0 Å². The topological polar surface area (TPSA) is 326 Å². The molecule has 25 nitrogen and oxygen atoms in total. The summed E-state index contributed by atoms with van der Waals surface area (Å²) in [6.45, 7) is 22.2. The largest absolute Gasteiger partial charge is 0.463 e. The van der Waals surface area contributed by atoms with E-state index in [0.29, 0.717) is 39.5 Å². The summed E-state index contributed by atoms with van der Waals surface area (Å²) in [7, 11) is 0. The van der Waals surface area contributed by atoms with E-state index < -0.39 is 96.8 Å². The summed E-state index contributed by atoms with van der Waals surface area (Å²) >= 11 is 0. The fraction of sp³-hybridized carbons (Fsp3) is 0.859. The molecule has 3 saturated heterocycles. The minimum absolute atomic E-state index is 0.0570. The molecule has 3 rings (SSSR count). The van der Waals surface area contributed by atoms with Gasteiger partial charge in [-0.1, -0.05) is 80.1 Å². The number of ether oxygens (including phenoxy) is 12. The second kappa shape index (κ2) is 42.2. The van der Waals surface area contributed by atoms with Crippen LogP contribution in [0.3, 0.4) is 0 Å². The number of nitrogens with two attached hydrogens (primary N) is 1. The van der Waals surface area contributed by atoms with Gasteiger partial charge in [0, 0.05) is 141 Å². The van der Waals surface area contributed by atoms with Gasteiger partial charge in [0.2, 0.25) is 17.7 Å². The smallest absolute Gasteiger partial charge is 0.303 e. The third-order valence-corrected chi connectivity index (χ3v) is 17.2. The van der Waals surface area contributed by atoms with Crippen molar-refractivity contribution in [1.82, 2.24) is 16.0 Å². The van der Waals surface area contributed by atoms with Crippen LogP contribution < -0.4 is 21.7 Å². The molecule has 0 spiro atoms. The molecule has 15 unspecified atom stereocenters. The average molecular weight is 1270 g/mol. The van der Waals surface area contributed by atoms with Crippen LogP contribution in [0.2, 0.25) is 0 Å². The molecule has 15 atom stereocenters. The summed E-state index contributed by atoms with van der Waals surface area (Å²) in [6, 6.07) is 0. The minimum atomic E-state index is -0.969. The molecular weight excluding hydrogens is 1160 g/mol. The van der Waals surface area contributed by atoms with Crippen LogP contribution in [0.25, 0.3) is 0 Å². The molecule has 3 heterocycles. The van der Waals surface area contributed by atoms with Gasteiger partial charge in [-0.15, -0.1) is 0 Å². The van der Waals surface area contributed by atoms with E-state index >= 15 is 0 Å². The highest BCUT2D eigenvalue weighted by molar-refractivity contribution is 5.77. The standard InChI is InChI=1S/C64H110N4O21/c1-40-43(4)61(87-52(37-81-46(7)69)58(40)84-49(10)72)78-34-22-16-13-19-31-66-55(75)25-28-64(65,29-26-56(76)67-32-20-14-17-23-35-79-62-44(5)41(2)59(85-50(11)73)53(88-62)38-82-47(8)70)30-27-57(77)68-33-21-15-18-24-36-80-63-45(6)42(3)60(86-51(12)74)54(89-63)39-83-48(9)71/h40-45,52-54,58-63H,13-39,65H2,1-12H3,(H,66,75)(H,67,76)(H,68,77). The number of unbranched alkanes of at least 4 members (excludes halogenated alkanes) is 9. The first-order valence-electron chi connectivity index (χ1n) is 32.5. The van der Waals surface area contributed by atoms with Crippen LogP contribution >= 0.6 is 0 Å². The highest BCUT2D eigenvalue weighted by Gasteiger charge is 2.47. The fourth-order valence-corrected chi connectivity index (χ4v) is 11.2. The second-order valence-electron chi connectivity index (χ2n) is 24.7. The minimum Gasteiger partial charge on any atom is -0.463 e. The molecule has 0 bridgehead atoms. The third kappa shape index (κ3) is 30.8. The molecule has 3 amide bonds. The summed E-state index contributed by atoms with van der Waals surface area (Å²) < 4.78 is 68.9. The molecule has 5 N–H and O–H groups in total. The Labute approximate surface area is 528 Å². The molecule has 25 heteroatoms. The maximum Gasteiger partial charge on any atom is 0.303 e. The van der Waals surface area contributed by atoms with Gasteiger partial charge in [-0.25, -0.2) is 0 Å². The van der Waals surface area contributed by atoms with Crippen molar-refractivity contribution < 1.29 is 100.0 Å². The van der Waals surface area contributed by atoms with E-state index in [9.17, 15) is 43.2 Å². The Morgan fingerprint density at radius 3 is 0.843 bits per heavy atom. The van der Waals surface area contributed by atoms with E-state index in [1.807, 2.05) is 41.5 Å². The predicted octanol–water partition coefficient (Wildman–Crippen LogP) is 6.58. The Kier molecular flexibility index (Phi) is 37.0. The highest BCUT2D eigenvalue weighted by atomic mass is 16.7. The summed E-state index contributed by atoms with van der Waals surface area (Å²) in [5, 5.41) is 8.99. The molecule has 0 saturated carbocycles. The summed E-state index contributed by atoms with van der Waals surface area (Å²) in [6.07, 6.45) is 5.34. The van der Waals surface area contributed by atoms with E-state index in [1.54, 1.807) is 0 Å². The zero-order valence-corrected chi connectivity index (χ0v) is 55.4. The summed E-state index contributed by atoms with van der Waals surface area (Å²) in [5.74, 6) is -3.79. The number of esters is 6. The van der Waals surface area contributed by atoms with E-state index in [-0.39, 0.29) is 112 Å². The highest BCUT2D eigenvalue weighted by Crippen LogP contribution is 2.37. The van der Waals surface area contributed by atoms with Crippen molar-refractivity contribution in [2.24, 2.45) is 41.2 Å². The van der Waals surface area contributed by atoms with Crippen LogP contribution in [0.4, 0.5) is 0 Å². The number of amides is 3. The van der Waals surface area contributed by atoms with E-state index in [1.165, 1.54) is 41.5 Å². The molecule has 0 aromatic carbocycles. The number of hydrogen-bond acceptors (Lipinski definition) is 22. The van der Waals surface area contributed by atoms with Gasteiger partial charge in [-0.05, 0) is 57.8 Å². The molecule has 3 aliphatic heterocycles. The van der Waals surface area contributed by atoms with E-state index in [4.69, 9.17) is 62.6 Å². The van der Waals surface area contributed by atoms with Crippen molar-refractivity contribution in [3.8, 4) is 0 Å². The molecule has 512 valence electrons. The first-order valence-corrected chi connectivity index (χ1v) is 32.5. The third-order valence-electron chi connectivity index (χ3n) is 17.2. The van der Waals surface area contributed by atoms with Crippen LogP contribution in [-0.2, 0) is 100.0 Å². The molecular formula is C64H110N4O21. The lowest BCUT2D eigenvalue weighted by Crippen LogP contribution is -2.53. The van der Waals surface area contributed by atoms with E-state index in [2.05, 4.69) is 16.0 Å². The molecule has 0 aromatic rings. The number of carbonyl (C=O) groups excluding carboxylic acids is 9. The van der Waals surface area contributed by atoms with Crippen molar-refractivity contribution in [3.63, 3.8) is 0 Å². The molecule has 0 radical (unpaired) electrons. The molecule has 3 aliphatic rings. The lowest BCUT2D eigenvalue weighted by Gasteiger charge is -2.43. The second-order valence-corrected chi connectivity index (χ2v) is 24.7. The van der Waals surface area contributed by atoms with Crippen LogP contribution in [-0.4, -0.2) is 174 Å². The van der Waals surface area contributed by atoms with Gasteiger partial charge in [0.1, 0.15) is 56.4 Å². The van der Waals surface area contributed by atoms with Gasteiger partial charge < -0.3 is 78.5 Å². The first-order chi connectivity index (χ1) is 42.2. The Balaban J connectivity index is 1.43. The predicted molar refractivity (Wildman–Crippen MR) is 324 cm³/mol. The van der Waals surface area contributed by atoms with Gasteiger partial charge in [-0.2, -0.15) is 0 Å². The Hall–Kier alpha value is -5.05. The van der Waals surface area contributed by atoms with Gasteiger partial charge in [0.15, 0.2) is 18.9 Å². The Morgan fingerprint density at radius 1 is 0.360 bits per heavy atom. The van der Waals surface area contributed by atoms with Crippen LogP contribution in [0.5, 0.6) is 0 Å². The van der Waals surface area contributed by atoms with Crippen molar-refractivity contribution in [3.05, 3.63) is 0 Å². The molecule has 89 heavy (non-hydrogen) atoms. The van der Waals surface area contributed by atoms with Crippen molar-refractivity contribution in [2.75, 3.05) is 59.3 Å². The Morgan fingerprint density at radius 2 is 0.607 bits per heavy atom. The van der Waals surface area contributed by atoms with Gasteiger partial charge >= 0.3 is 35.8 Å². The number of rotatable bonds is 42. The fourth-order valence-electron chi connectivity index (χ4n) is 11.2. The summed E-state index contributed by atoms with van der Waals surface area (Å²) in [5.41, 5.74) is 6.01. The first kappa shape index (κ1) is 78.2. The molecule has 0 aliphatic carbocycles. The van der Waals surface area contributed by atoms with Crippen molar-refractivity contribution >= 4 is 53.5 Å². The summed E-state index contributed by atoms with van der Waals surface area (Å²) in [4.78, 5) is 110. The lowest BCUT2D eigenvalue weighted by atomic mass is 9.84. The number of hydrogen-bond donors (Lipinski definition) is 4. The quantitative estimate of drug-likeness (QED) is 0.0285. The van der Waals surface area contributed by atoms with Gasteiger partial charge in [-0.3, -0.25) is 43.2 Å². The van der Waals surface area contributed by atoms with Crippen LogP contribution in [0.1, 0.15) is 199 Å². The van der Waals surface area contributed by atoms with Crippen molar-refractivity contribution in [1.29, 1.82) is 0 Å². The maximum absolute atomic E-state index is 13.2.